The number of ether oxygens (including phenoxy) is 1. The summed E-state index contributed by atoms with van der Waals surface area (Å²) in [6.45, 7) is 0. The lowest BCUT2D eigenvalue weighted by Crippen LogP contribution is -2.13. The van der Waals surface area contributed by atoms with Gasteiger partial charge in [0.15, 0.2) is 0 Å². The summed E-state index contributed by atoms with van der Waals surface area (Å²) in [4.78, 5) is 11.3. The molecule has 0 saturated heterocycles. The van der Waals surface area contributed by atoms with Gasteiger partial charge in [0.2, 0.25) is 5.75 Å². The van der Waals surface area contributed by atoms with Crippen LogP contribution in [0.3, 0.4) is 0 Å². The van der Waals surface area contributed by atoms with Gasteiger partial charge in [-0.15, -0.1) is 11.8 Å². The molecule has 0 aliphatic heterocycles. The molecule has 0 atom stereocenters. The van der Waals surface area contributed by atoms with Crippen LogP contribution in [0.25, 0.3) is 0 Å². The van der Waals surface area contributed by atoms with E-state index in [1.165, 1.54) is 23.9 Å². The van der Waals surface area contributed by atoms with Crippen LogP contribution in [0.5, 0.6) is 11.5 Å². The van der Waals surface area contributed by atoms with Crippen LogP contribution in [-0.4, -0.2) is 17.0 Å². The van der Waals surface area contributed by atoms with Crippen molar-refractivity contribution >= 4 is 23.3 Å². The summed E-state index contributed by atoms with van der Waals surface area (Å²) < 4.78 is 5.63. The Kier molecular flexibility index (Phi) is 4.44. The van der Waals surface area contributed by atoms with Crippen LogP contribution in [0.1, 0.15) is 5.56 Å². The Bertz CT molecular complexity index is 704. The maximum Gasteiger partial charge on any atom is 0.311 e. The topological polar surface area (TPSA) is 102 Å². The van der Waals surface area contributed by atoms with Crippen LogP contribution < -0.4 is 10.5 Å². The van der Waals surface area contributed by atoms with Gasteiger partial charge >= 0.3 is 5.69 Å². The molecular formula is C14H13N3O3S. The zero-order valence-corrected chi connectivity index (χ0v) is 12.0. The fourth-order valence-corrected chi connectivity index (χ4v) is 2.47. The van der Waals surface area contributed by atoms with E-state index in [1.807, 2.05) is 12.3 Å². The minimum atomic E-state index is -0.513. The van der Waals surface area contributed by atoms with Crippen molar-refractivity contribution in [2.45, 2.75) is 4.90 Å². The summed E-state index contributed by atoms with van der Waals surface area (Å²) in [6, 6.07) is 11.3. The molecule has 0 spiro atoms. The molecule has 2 aromatic carbocycles. The Labute approximate surface area is 125 Å². The molecule has 108 valence electrons. The average Bonchev–Trinajstić information content (AvgIpc) is 2.47. The summed E-state index contributed by atoms with van der Waals surface area (Å²) in [5.74, 6) is 0.292. The standard InChI is InChI=1S/C14H13N3O3S/c1-21-12-8-4-7-11(13(12)14(15)16)20-10-6-3-2-5-9(10)17(18)19/h2-8H,1H3,(H3,15,16). The highest BCUT2D eigenvalue weighted by atomic mass is 32.2. The first-order valence-corrected chi connectivity index (χ1v) is 7.19. The van der Waals surface area contributed by atoms with Crippen molar-refractivity contribution in [1.82, 2.24) is 0 Å². The van der Waals surface area contributed by atoms with E-state index in [9.17, 15) is 10.1 Å². The van der Waals surface area contributed by atoms with Gasteiger partial charge < -0.3 is 10.5 Å². The Morgan fingerprint density at radius 1 is 1.24 bits per heavy atom. The minimum Gasteiger partial charge on any atom is -0.449 e. The molecular weight excluding hydrogens is 290 g/mol. The van der Waals surface area contributed by atoms with Crippen molar-refractivity contribution in [2.75, 3.05) is 6.26 Å². The number of nitrogen functional groups attached to an aromatic ring is 1. The molecule has 0 aliphatic carbocycles. The summed E-state index contributed by atoms with van der Waals surface area (Å²) in [5, 5.41) is 18.7. The number of nitrogens with two attached hydrogens (primary N) is 1. The van der Waals surface area contributed by atoms with E-state index in [1.54, 1.807) is 24.3 Å². The van der Waals surface area contributed by atoms with Crippen LogP contribution in [-0.2, 0) is 0 Å². The number of nitro benzene ring substituents is 1. The maximum absolute atomic E-state index is 11.0. The van der Waals surface area contributed by atoms with E-state index >= 15 is 0 Å². The number of thioether (sulfide) groups is 1. The highest BCUT2D eigenvalue weighted by Gasteiger charge is 2.18. The number of nitro groups is 1. The zero-order valence-electron chi connectivity index (χ0n) is 11.2. The second kappa shape index (κ2) is 6.27. The van der Waals surface area contributed by atoms with Crippen LogP contribution in [0.2, 0.25) is 0 Å². The van der Waals surface area contributed by atoms with Crippen molar-refractivity contribution in [3.63, 3.8) is 0 Å². The van der Waals surface area contributed by atoms with E-state index in [0.717, 1.165) is 4.90 Å². The largest absolute Gasteiger partial charge is 0.449 e. The molecule has 0 fully saturated rings. The molecule has 0 aliphatic rings. The van der Waals surface area contributed by atoms with Crippen molar-refractivity contribution in [1.29, 1.82) is 5.41 Å². The molecule has 0 amide bonds. The quantitative estimate of drug-likeness (QED) is 0.290. The fourth-order valence-electron chi connectivity index (χ4n) is 1.84. The SMILES string of the molecule is CSc1cccc(Oc2ccccc2[N+](=O)[O-])c1C(=N)N. The van der Waals surface area contributed by atoms with Crippen LogP contribution in [0.4, 0.5) is 5.69 Å². The van der Waals surface area contributed by atoms with Crippen molar-refractivity contribution in [3.05, 3.63) is 58.1 Å². The van der Waals surface area contributed by atoms with Gasteiger partial charge in [0.1, 0.15) is 11.6 Å². The Hall–Kier alpha value is -2.54. The van der Waals surface area contributed by atoms with Crippen LogP contribution >= 0.6 is 11.8 Å². The van der Waals surface area contributed by atoms with E-state index in [-0.39, 0.29) is 17.3 Å². The molecule has 2 aromatic rings. The Morgan fingerprint density at radius 2 is 1.90 bits per heavy atom. The minimum absolute atomic E-state index is 0.114. The third-order valence-electron chi connectivity index (χ3n) is 2.76. The molecule has 2 rings (SSSR count). The lowest BCUT2D eigenvalue weighted by molar-refractivity contribution is -0.385. The first-order chi connectivity index (χ1) is 10.0. The predicted octanol–water partition coefficient (Wildman–Crippen LogP) is 3.39. The molecule has 21 heavy (non-hydrogen) atoms. The van der Waals surface area contributed by atoms with Crippen molar-refractivity contribution < 1.29 is 9.66 Å². The highest BCUT2D eigenvalue weighted by Crippen LogP contribution is 2.35. The molecule has 0 heterocycles. The fraction of sp³-hybridized carbons (Fsp3) is 0.0714. The first-order valence-electron chi connectivity index (χ1n) is 5.97. The molecule has 0 unspecified atom stereocenters. The molecule has 0 saturated carbocycles. The van der Waals surface area contributed by atoms with Gasteiger partial charge in [-0.25, -0.2) is 0 Å². The third kappa shape index (κ3) is 3.14. The molecule has 7 heteroatoms. The Balaban J connectivity index is 2.50. The zero-order chi connectivity index (χ0) is 15.4. The maximum atomic E-state index is 11.0. The van der Waals surface area contributed by atoms with E-state index in [4.69, 9.17) is 15.9 Å². The van der Waals surface area contributed by atoms with E-state index in [2.05, 4.69) is 0 Å². The van der Waals surface area contributed by atoms with Gasteiger partial charge in [-0.2, -0.15) is 0 Å². The van der Waals surface area contributed by atoms with E-state index in [0.29, 0.717) is 11.3 Å². The number of para-hydroxylation sites is 2. The van der Waals surface area contributed by atoms with Gasteiger partial charge in [-0.3, -0.25) is 15.5 Å². The number of benzene rings is 2. The summed E-state index contributed by atoms with van der Waals surface area (Å²) in [6.07, 6.45) is 1.86. The number of rotatable bonds is 5. The number of hydrogen-bond acceptors (Lipinski definition) is 5. The number of amidine groups is 1. The smallest absolute Gasteiger partial charge is 0.311 e. The lowest BCUT2D eigenvalue weighted by Gasteiger charge is -2.13. The number of nitrogens with zero attached hydrogens (tertiary/aromatic N) is 1. The van der Waals surface area contributed by atoms with E-state index < -0.39 is 4.92 Å². The molecule has 3 N–H and O–H groups in total. The predicted molar refractivity (Wildman–Crippen MR) is 82.4 cm³/mol. The van der Waals surface area contributed by atoms with Crippen LogP contribution in [0.15, 0.2) is 47.4 Å². The molecule has 0 bridgehead atoms. The van der Waals surface area contributed by atoms with Gasteiger partial charge in [0, 0.05) is 11.0 Å². The molecule has 0 radical (unpaired) electrons. The van der Waals surface area contributed by atoms with Gasteiger partial charge in [-0.1, -0.05) is 18.2 Å². The summed E-state index contributed by atoms with van der Waals surface area (Å²) in [5.41, 5.74) is 5.89. The number of nitrogens with one attached hydrogen (secondary N) is 1. The second-order valence-corrected chi connectivity index (χ2v) is 4.92. The molecule has 6 nitrogen and oxygen atoms in total. The van der Waals surface area contributed by atoms with Gasteiger partial charge in [-0.05, 0) is 24.5 Å². The summed E-state index contributed by atoms with van der Waals surface area (Å²) in [7, 11) is 0. The monoisotopic (exact) mass is 303 g/mol. The van der Waals surface area contributed by atoms with Crippen molar-refractivity contribution in [3.8, 4) is 11.5 Å². The second-order valence-electron chi connectivity index (χ2n) is 4.07. The first kappa shape index (κ1) is 14.9. The molecule has 0 aromatic heterocycles. The van der Waals surface area contributed by atoms with Crippen molar-refractivity contribution in [2.24, 2.45) is 5.73 Å². The highest BCUT2D eigenvalue weighted by molar-refractivity contribution is 7.98. The Morgan fingerprint density at radius 3 is 2.52 bits per heavy atom. The third-order valence-corrected chi connectivity index (χ3v) is 3.54. The number of hydrogen-bond donors (Lipinski definition) is 2. The normalized spacial score (nSPS) is 10.1. The lowest BCUT2D eigenvalue weighted by atomic mass is 10.2. The van der Waals surface area contributed by atoms with Crippen LogP contribution in [0, 0.1) is 15.5 Å². The van der Waals surface area contributed by atoms with Gasteiger partial charge in [0.25, 0.3) is 0 Å². The van der Waals surface area contributed by atoms with Gasteiger partial charge in [0.05, 0.1) is 10.5 Å². The summed E-state index contributed by atoms with van der Waals surface area (Å²) >= 11 is 1.42. The average molecular weight is 303 g/mol.